The van der Waals surface area contributed by atoms with E-state index in [0.29, 0.717) is 19.4 Å². The summed E-state index contributed by atoms with van der Waals surface area (Å²) in [4.78, 5) is 24.5. The van der Waals surface area contributed by atoms with Crippen LogP contribution in [0.5, 0.6) is 0 Å². The van der Waals surface area contributed by atoms with Gasteiger partial charge in [-0.25, -0.2) is 0 Å². The number of allylic oxidation sites excluding steroid dienone is 7. The van der Waals surface area contributed by atoms with Crippen LogP contribution in [0, 0.1) is 0 Å². The Morgan fingerprint density at radius 3 is 0.987 bits per heavy atom. The second-order valence-corrected chi connectivity index (χ2v) is 23.9. The molecule has 0 bridgehead atoms. The molecule has 0 saturated carbocycles. The number of esters is 1. The Morgan fingerprint density at radius 1 is 0.359 bits per heavy atom. The Balaban J connectivity index is 3.37. The quantitative estimate of drug-likeness (QED) is 0.0320. The average molecular weight is 1090 g/mol. The van der Waals surface area contributed by atoms with Gasteiger partial charge in [-0.2, -0.15) is 0 Å². The predicted molar refractivity (Wildman–Crippen MR) is 342 cm³/mol. The van der Waals surface area contributed by atoms with E-state index >= 15 is 0 Å². The van der Waals surface area contributed by atoms with E-state index in [0.717, 1.165) is 51.4 Å². The zero-order valence-electron chi connectivity index (χ0n) is 52.4. The number of amides is 1. The molecule has 0 saturated heterocycles. The van der Waals surface area contributed by atoms with Crippen LogP contribution >= 0.6 is 0 Å². The lowest BCUT2D eigenvalue weighted by atomic mass is 10.0. The Hall–Kier alpha value is -2.18. The number of nitrogens with one attached hydrogen (secondary N) is 1. The van der Waals surface area contributed by atoms with Crippen LogP contribution in [0.1, 0.15) is 373 Å². The SMILES string of the molecule is CCCCCCCC/C=C\CCCCCCCCCC(=O)OCCCCCCCCCCC/C=C\C/C=C\CCCCCCCCCCCCCCCCCCCC(=O)NC(CO)C(O)/C=C/CCCCCCCCCCC. The minimum atomic E-state index is -0.842. The maximum Gasteiger partial charge on any atom is 0.305 e. The van der Waals surface area contributed by atoms with Gasteiger partial charge in [0.2, 0.25) is 5.91 Å². The van der Waals surface area contributed by atoms with E-state index < -0.39 is 12.1 Å². The first kappa shape index (κ1) is 75.8. The fourth-order valence-corrected chi connectivity index (χ4v) is 10.7. The molecule has 2 unspecified atom stereocenters. The first-order chi connectivity index (χ1) is 38.5. The maximum absolute atomic E-state index is 12.4. The van der Waals surface area contributed by atoms with Crippen molar-refractivity contribution in [1.29, 1.82) is 0 Å². The molecule has 1 amide bonds. The number of hydrogen-bond acceptors (Lipinski definition) is 5. The monoisotopic (exact) mass is 1090 g/mol. The lowest BCUT2D eigenvalue weighted by Gasteiger charge is -2.20. The fourth-order valence-electron chi connectivity index (χ4n) is 10.7. The van der Waals surface area contributed by atoms with Crippen molar-refractivity contribution in [2.45, 2.75) is 386 Å². The van der Waals surface area contributed by atoms with Gasteiger partial charge in [0.1, 0.15) is 0 Å². The molecule has 0 aliphatic carbocycles. The molecule has 0 aliphatic rings. The van der Waals surface area contributed by atoms with Gasteiger partial charge in [0, 0.05) is 12.8 Å². The van der Waals surface area contributed by atoms with Crippen molar-refractivity contribution in [1.82, 2.24) is 5.32 Å². The number of hydrogen-bond donors (Lipinski definition) is 3. The van der Waals surface area contributed by atoms with Crippen LogP contribution in [-0.2, 0) is 14.3 Å². The Kier molecular flexibility index (Phi) is 65.4. The zero-order chi connectivity index (χ0) is 56.4. The number of ether oxygens (including phenoxy) is 1. The van der Waals surface area contributed by atoms with E-state index in [2.05, 4.69) is 55.6 Å². The molecule has 0 aliphatic heterocycles. The van der Waals surface area contributed by atoms with Crippen LogP contribution in [0.25, 0.3) is 0 Å². The second kappa shape index (κ2) is 67.3. The third kappa shape index (κ3) is 63.0. The summed E-state index contributed by atoms with van der Waals surface area (Å²) in [7, 11) is 0. The largest absolute Gasteiger partial charge is 0.466 e. The van der Waals surface area contributed by atoms with Gasteiger partial charge in [-0.05, 0) is 89.9 Å². The Labute approximate surface area is 486 Å². The normalized spacial score (nSPS) is 12.8. The summed E-state index contributed by atoms with van der Waals surface area (Å²) in [6, 6.07) is -0.625. The highest BCUT2D eigenvalue weighted by Crippen LogP contribution is 2.18. The van der Waals surface area contributed by atoms with Crippen molar-refractivity contribution in [2.75, 3.05) is 13.2 Å². The number of rotatable bonds is 65. The summed E-state index contributed by atoms with van der Waals surface area (Å²) in [5, 5.41) is 23.0. The third-order valence-electron chi connectivity index (χ3n) is 16.1. The van der Waals surface area contributed by atoms with Gasteiger partial charge >= 0.3 is 5.97 Å². The molecular formula is C72H135NO5. The molecule has 2 atom stereocenters. The highest BCUT2D eigenvalue weighted by Gasteiger charge is 2.18. The van der Waals surface area contributed by atoms with Crippen molar-refractivity contribution >= 4 is 11.9 Å². The van der Waals surface area contributed by atoms with E-state index in [1.807, 2.05) is 6.08 Å². The summed E-state index contributed by atoms with van der Waals surface area (Å²) < 4.78 is 5.50. The Morgan fingerprint density at radius 2 is 0.641 bits per heavy atom. The second-order valence-electron chi connectivity index (χ2n) is 23.9. The Bertz CT molecular complexity index is 1310. The number of carbonyl (C=O) groups excluding carboxylic acids is 2. The minimum Gasteiger partial charge on any atom is -0.466 e. The molecule has 458 valence electrons. The van der Waals surface area contributed by atoms with E-state index in [1.165, 1.54) is 295 Å². The summed E-state index contributed by atoms with van der Waals surface area (Å²) in [5.41, 5.74) is 0. The molecule has 0 fully saturated rings. The van der Waals surface area contributed by atoms with Gasteiger partial charge < -0.3 is 20.3 Å². The molecule has 6 nitrogen and oxygen atoms in total. The molecule has 6 heteroatoms. The van der Waals surface area contributed by atoms with Crippen LogP contribution in [0.4, 0.5) is 0 Å². The standard InChI is InChI=1S/C72H135NO5/c1-3-5-7-9-11-13-15-16-17-35-39-42-46-50-54-58-62-66-72(77)78-67-63-59-55-51-47-43-40-37-34-32-30-28-26-24-22-20-18-19-21-23-25-27-29-31-33-36-38-41-45-49-53-57-61-65-71(76)73-69(68-74)70(75)64-60-56-52-48-44-14-12-10-8-6-4-2/h16-17,22,24,28,30,60,64,69-70,74-75H,3-15,18-21,23,25-27,29,31-59,61-63,65-68H2,1-2H3,(H,73,76)/b17-16-,24-22-,30-28-,64-60+. The highest BCUT2D eigenvalue weighted by atomic mass is 16.5. The molecule has 0 heterocycles. The topological polar surface area (TPSA) is 95.9 Å². The van der Waals surface area contributed by atoms with Crippen molar-refractivity contribution in [3.05, 3.63) is 48.6 Å². The number of carbonyl (C=O) groups is 2. The van der Waals surface area contributed by atoms with E-state index in [1.54, 1.807) is 6.08 Å². The molecular weight excluding hydrogens is 959 g/mol. The van der Waals surface area contributed by atoms with Gasteiger partial charge in [-0.1, -0.05) is 319 Å². The van der Waals surface area contributed by atoms with Crippen LogP contribution in [0.15, 0.2) is 48.6 Å². The molecule has 78 heavy (non-hydrogen) atoms. The van der Waals surface area contributed by atoms with Crippen LogP contribution in [-0.4, -0.2) is 47.4 Å². The smallest absolute Gasteiger partial charge is 0.305 e. The van der Waals surface area contributed by atoms with E-state index in [4.69, 9.17) is 4.74 Å². The summed E-state index contributed by atoms with van der Waals surface area (Å²) in [5.74, 6) is -0.0559. The van der Waals surface area contributed by atoms with Crippen molar-refractivity contribution in [3.63, 3.8) is 0 Å². The molecule has 3 N–H and O–H groups in total. The van der Waals surface area contributed by atoms with Crippen molar-refractivity contribution in [2.24, 2.45) is 0 Å². The fraction of sp³-hybridized carbons (Fsp3) is 0.861. The van der Waals surface area contributed by atoms with Gasteiger partial charge in [-0.3, -0.25) is 9.59 Å². The van der Waals surface area contributed by atoms with Crippen LogP contribution < -0.4 is 5.32 Å². The van der Waals surface area contributed by atoms with Gasteiger partial charge in [0.05, 0.1) is 25.4 Å². The van der Waals surface area contributed by atoms with Gasteiger partial charge in [0.25, 0.3) is 0 Å². The summed E-state index contributed by atoms with van der Waals surface area (Å²) >= 11 is 0. The number of aliphatic hydroxyl groups excluding tert-OH is 2. The zero-order valence-corrected chi connectivity index (χ0v) is 52.4. The first-order valence-corrected chi connectivity index (χ1v) is 34.9. The summed E-state index contributed by atoms with van der Waals surface area (Å²) in [6.07, 6.45) is 87.7. The average Bonchev–Trinajstić information content (AvgIpc) is 3.44. The molecule has 0 aromatic heterocycles. The molecule has 0 aromatic carbocycles. The van der Waals surface area contributed by atoms with Crippen LogP contribution in [0.3, 0.4) is 0 Å². The molecule has 0 radical (unpaired) electrons. The molecule has 0 spiro atoms. The first-order valence-electron chi connectivity index (χ1n) is 34.9. The van der Waals surface area contributed by atoms with Crippen LogP contribution in [0.2, 0.25) is 0 Å². The van der Waals surface area contributed by atoms with Gasteiger partial charge in [0.15, 0.2) is 0 Å². The highest BCUT2D eigenvalue weighted by molar-refractivity contribution is 5.76. The number of unbranched alkanes of at least 4 members (excludes halogenated alkanes) is 48. The summed E-state index contributed by atoms with van der Waals surface area (Å²) in [6.45, 7) is 4.90. The van der Waals surface area contributed by atoms with Crippen molar-refractivity contribution in [3.8, 4) is 0 Å². The maximum atomic E-state index is 12.4. The van der Waals surface area contributed by atoms with E-state index in [-0.39, 0.29) is 18.5 Å². The minimum absolute atomic E-state index is 0.0106. The lowest BCUT2D eigenvalue weighted by molar-refractivity contribution is -0.143. The van der Waals surface area contributed by atoms with E-state index in [9.17, 15) is 19.8 Å². The lowest BCUT2D eigenvalue weighted by Crippen LogP contribution is -2.45. The number of aliphatic hydroxyl groups is 2. The van der Waals surface area contributed by atoms with Crippen molar-refractivity contribution < 1.29 is 24.5 Å². The predicted octanol–water partition coefficient (Wildman–Crippen LogP) is 22.5. The molecule has 0 aromatic rings. The molecule has 0 rings (SSSR count). The third-order valence-corrected chi connectivity index (χ3v) is 16.1. The van der Waals surface area contributed by atoms with Gasteiger partial charge in [-0.15, -0.1) is 0 Å².